The molecule has 2 heterocycles. The number of fused-ring (bicyclic) bond motifs is 2. The molecule has 0 amide bonds. The van der Waals surface area contributed by atoms with E-state index in [0.717, 1.165) is 70.0 Å². The van der Waals surface area contributed by atoms with Crippen LogP contribution in [0.3, 0.4) is 0 Å². The van der Waals surface area contributed by atoms with Crippen LogP contribution in [0.1, 0.15) is 35.4 Å². The van der Waals surface area contributed by atoms with Gasteiger partial charge in [0.15, 0.2) is 0 Å². The summed E-state index contributed by atoms with van der Waals surface area (Å²) in [4.78, 5) is 13.0. The summed E-state index contributed by atoms with van der Waals surface area (Å²) in [5, 5.41) is 11.4. The number of H-pyrrole nitrogens is 1. The largest absolute Gasteiger partial charge is 0.341 e. The highest BCUT2D eigenvalue weighted by atomic mass is 35.5. The molecule has 0 saturated heterocycles. The lowest BCUT2D eigenvalue weighted by Gasteiger charge is -2.22. The van der Waals surface area contributed by atoms with Gasteiger partial charge in [-0.25, -0.2) is 9.97 Å². The molecule has 2 aromatic heterocycles. The van der Waals surface area contributed by atoms with Crippen molar-refractivity contribution in [2.45, 2.75) is 36.5 Å². The van der Waals surface area contributed by atoms with Gasteiger partial charge in [0.1, 0.15) is 16.9 Å². The van der Waals surface area contributed by atoms with E-state index in [0.29, 0.717) is 10.8 Å². The quantitative estimate of drug-likeness (QED) is 0.384. The first-order chi connectivity index (χ1) is 14.7. The van der Waals surface area contributed by atoms with Gasteiger partial charge in [0, 0.05) is 10.6 Å². The van der Waals surface area contributed by atoms with Crippen molar-refractivity contribution in [1.29, 1.82) is 5.26 Å². The smallest absolute Gasteiger partial charge is 0.117 e. The highest BCUT2D eigenvalue weighted by molar-refractivity contribution is 7.98. The zero-order chi connectivity index (χ0) is 20.5. The molecule has 0 fully saturated rings. The number of nitriles is 1. The molecule has 1 aliphatic carbocycles. The average Bonchev–Trinajstić information content (AvgIpc) is 3.20. The van der Waals surface area contributed by atoms with E-state index in [1.165, 1.54) is 5.56 Å². The monoisotopic (exact) mass is 430 g/mol. The van der Waals surface area contributed by atoms with E-state index < -0.39 is 0 Å². The van der Waals surface area contributed by atoms with Crippen molar-refractivity contribution in [2.75, 3.05) is 0 Å². The van der Waals surface area contributed by atoms with E-state index >= 15 is 0 Å². The minimum Gasteiger partial charge on any atom is -0.341 e. The van der Waals surface area contributed by atoms with Crippen LogP contribution < -0.4 is 0 Å². The van der Waals surface area contributed by atoms with Gasteiger partial charge in [0.05, 0.1) is 28.0 Å². The fourth-order valence-corrected chi connectivity index (χ4v) is 5.08. The number of halogens is 1. The maximum atomic E-state index is 9.94. The Morgan fingerprint density at radius 2 is 1.77 bits per heavy atom. The number of para-hydroxylation sites is 2. The van der Waals surface area contributed by atoms with Gasteiger partial charge >= 0.3 is 0 Å². The standard InChI is InChI=1S/C24H19ClN4S/c25-16-11-9-15(10-12-16)23-18-6-2-1-5-17(18)19(13-26)24(29-23)30-14-22-27-20-7-3-4-8-21(20)28-22/h3-4,7-12H,1-2,5-6,14H2,(H,27,28). The lowest BCUT2D eigenvalue weighted by Crippen LogP contribution is -2.10. The molecule has 30 heavy (non-hydrogen) atoms. The maximum Gasteiger partial charge on any atom is 0.117 e. The van der Waals surface area contributed by atoms with Gasteiger partial charge in [0.25, 0.3) is 0 Å². The predicted molar refractivity (Wildman–Crippen MR) is 122 cm³/mol. The summed E-state index contributed by atoms with van der Waals surface area (Å²) in [5.74, 6) is 1.52. The minimum atomic E-state index is 0.634. The number of aromatic nitrogens is 3. The fraction of sp³-hybridized carbons (Fsp3) is 0.208. The Kier molecular flexibility index (Phi) is 5.20. The summed E-state index contributed by atoms with van der Waals surface area (Å²) in [6.07, 6.45) is 4.13. The number of aromatic amines is 1. The van der Waals surface area contributed by atoms with Crippen molar-refractivity contribution >= 4 is 34.4 Å². The van der Waals surface area contributed by atoms with Gasteiger partial charge in [-0.3, -0.25) is 0 Å². The van der Waals surface area contributed by atoms with E-state index in [9.17, 15) is 5.26 Å². The predicted octanol–water partition coefficient (Wildman–Crippen LogP) is 6.32. The Labute approximate surface area is 184 Å². The van der Waals surface area contributed by atoms with Crippen LogP contribution in [0.4, 0.5) is 0 Å². The molecular weight excluding hydrogens is 412 g/mol. The molecule has 0 atom stereocenters. The van der Waals surface area contributed by atoms with Gasteiger partial charge in [-0.1, -0.05) is 47.6 Å². The maximum absolute atomic E-state index is 9.94. The van der Waals surface area contributed by atoms with Gasteiger partial charge in [-0.05, 0) is 61.1 Å². The van der Waals surface area contributed by atoms with Crippen molar-refractivity contribution in [1.82, 2.24) is 15.0 Å². The molecule has 0 spiro atoms. The van der Waals surface area contributed by atoms with Crippen LogP contribution in [0.25, 0.3) is 22.3 Å². The Balaban J connectivity index is 1.55. The number of imidazole rings is 1. The average molecular weight is 431 g/mol. The first kappa shape index (κ1) is 19.2. The number of benzene rings is 2. The van der Waals surface area contributed by atoms with Crippen LogP contribution in [-0.2, 0) is 18.6 Å². The minimum absolute atomic E-state index is 0.634. The van der Waals surface area contributed by atoms with Crippen molar-refractivity contribution in [3.05, 3.63) is 76.1 Å². The zero-order valence-corrected chi connectivity index (χ0v) is 17.9. The third-order valence-corrected chi connectivity index (χ3v) is 6.73. The summed E-state index contributed by atoms with van der Waals surface area (Å²) in [7, 11) is 0. The Hall–Kier alpha value is -2.81. The molecule has 4 nitrogen and oxygen atoms in total. The molecule has 5 rings (SSSR count). The normalized spacial score (nSPS) is 13.2. The van der Waals surface area contributed by atoms with Crippen molar-refractivity contribution in [3.8, 4) is 17.3 Å². The summed E-state index contributed by atoms with van der Waals surface area (Å²) < 4.78 is 0. The lowest BCUT2D eigenvalue weighted by molar-refractivity contribution is 0.677. The van der Waals surface area contributed by atoms with E-state index in [4.69, 9.17) is 16.6 Å². The van der Waals surface area contributed by atoms with E-state index in [2.05, 4.69) is 16.0 Å². The van der Waals surface area contributed by atoms with Crippen LogP contribution >= 0.6 is 23.4 Å². The van der Waals surface area contributed by atoms with Gasteiger partial charge in [0.2, 0.25) is 0 Å². The lowest BCUT2D eigenvalue weighted by atomic mass is 9.86. The number of nitrogens with zero attached hydrogens (tertiary/aromatic N) is 3. The Morgan fingerprint density at radius 1 is 1.00 bits per heavy atom. The molecule has 0 radical (unpaired) electrons. The molecule has 1 N–H and O–H groups in total. The molecule has 0 saturated carbocycles. The molecule has 0 unspecified atom stereocenters. The van der Waals surface area contributed by atoms with Gasteiger partial charge in [-0.15, -0.1) is 0 Å². The number of hydrogen-bond donors (Lipinski definition) is 1. The van der Waals surface area contributed by atoms with Crippen molar-refractivity contribution in [3.63, 3.8) is 0 Å². The third-order valence-electron chi connectivity index (χ3n) is 5.50. The van der Waals surface area contributed by atoms with Crippen molar-refractivity contribution in [2.24, 2.45) is 0 Å². The number of hydrogen-bond acceptors (Lipinski definition) is 4. The summed E-state index contributed by atoms with van der Waals surface area (Å²) in [6, 6.07) is 18.3. The molecule has 148 valence electrons. The second-order valence-corrected chi connectivity index (χ2v) is 8.81. The van der Waals surface area contributed by atoms with E-state index in [1.807, 2.05) is 48.5 Å². The zero-order valence-electron chi connectivity index (χ0n) is 16.3. The first-order valence-corrected chi connectivity index (χ1v) is 11.4. The first-order valence-electron chi connectivity index (χ1n) is 10.0. The number of thioether (sulfide) groups is 1. The number of pyridine rings is 1. The fourth-order valence-electron chi connectivity index (χ4n) is 4.07. The second-order valence-electron chi connectivity index (χ2n) is 7.41. The summed E-state index contributed by atoms with van der Waals surface area (Å²) in [6.45, 7) is 0. The van der Waals surface area contributed by atoms with Crippen LogP contribution in [0.2, 0.25) is 5.02 Å². The SMILES string of the molecule is N#Cc1c(SCc2nc3ccccc3[nH]2)nc(-c2ccc(Cl)cc2)c2c1CCCC2. The third kappa shape index (κ3) is 3.58. The molecular formula is C24H19ClN4S. The van der Waals surface area contributed by atoms with Crippen molar-refractivity contribution < 1.29 is 0 Å². The molecule has 0 aliphatic heterocycles. The van der Waals surface area contributed by atoms with Crippen LogP contribution in [0.15, 0.2) is 53.6 Å². The van der Waals surface area contributed by atoms with Crippen LogP contribution in [0.5, 0.6) is 0 Å². The molecule has 0 bridgehead atoms. The number of rotatable bonds is 4. The highest BCUT2D eigenvalue weighted by Crippen LogP contribution is 2.37. The second kappa shape index (κ2) is 8.14. The van der Waals surface area contributed by atoms with Crippen LogP contribution in [0, 0.1) is 11.3 Å². The Morgan fingerprint density at radius 3 is 2.53 bits per heavy atom. The molecule has 1 aliphatic rings. The van der Waals surface area contributed by atoms with E-state index in [1.54, 1.807) is 11.8 Å². The highest BCUT2D eigenvalue weighted by Gasteiger charge is 2.23. The topological polar surface area (TPSA) is 65.4 Å². The molecule has 4 aromatic rings. The van der Waals surface area contributed by atoms with Gasteiger partial charge < -0.3 is 4.98 Å². The van der Waals surface area contributed by atoms with Crippen LogP contribution in [-0.4, -0.2) is 15.0 Å². The van der Waals surface area contributed by atoms with Gasteiger partial charge in [-0.2, -0.15) is 5.26 Å². The van der Waals surface area contributed by atoms with E-state index in [-0.39, 0.29) is 0 Å². The molecule has 2 aromatic carbocycles. The Bertz CT molecular complexity index is 1240. The summed E-state index contributed by atoms with van der Waals surface area (Å²) in [5.41, 5.74) is 7.11. The number of nitrogens with one attached hydrogen (secondary N) is 1. The summed E-state index contributed by atoms with van der Waals surface area (Å²) >= 11 is 7.67. The molecule has 6 heteroatoms.